The summed E-state index contributed by atoms with van der Waals surface area (Å²) in [7, 11) is 0. The first-order valence-electron chi connectivity index (χ1n) is 4.99. The van der Waals surface area contributed by atoms with E-state index in [1.54, 1.807) is 0 Å². The van der Waals surface area contributed by atoms with Gasteiger partial charge in [0.1, 0.15) is 5.69 Å². The molecule has 0 aliphatic heterocycles. The predicted molar refractivity (Wildman–Crippen MR) is 55.5 cm³/mol. The molecule has 0 unspecified atom stereocenters. The third-order valence-electron chi connectivity index (χ3n) is 2.37. The van der Waals surface area contributed by atoms with Gasteiger partial charge < -0.3 is 5.11 Å². The van der Waals surface area contributed by atoms with Crippen molar-refractivity contribution in [3.05, 3.63) is 21.5 Å². The Labute approximate surface area is 100 Å². The van der Waals surface area contributed by atoms with Gasteiger partial charge in [-0.05, 0) is 13.8 Å². The molecule has 18 heavy (non-hydrogen) atoms. The third kappa shape index (κ3) is 2.60. The van der Waals surface area contributed by atoms with Gasteiger partial charge >= 0.3 is 11.7 Å². The van der Waals surface area contributed by atoms with Crippen molar-refractivity contribution in [3.8, 4) is 0 Å². The van der Waals surface area contributed by atoms with Crippen LogP contribution in [0.25, 0.3) is 0 Å². The maximum absolute atomic E-state index is 12.8. The van der Waals surface area contributed by atoms with E-state index in [0.717, 1.165) is 0 Å². The van der Waals surface area contributed by atoms with Gasteiger partial charge in [-0.2, -0.15) is 5.10 Å². The molecule has 0 aromatic carbocycles. The monoisotopic (exact) mass is 263 g/mol. The molecule has 0 aliphatic rings. The first kappa shape index (κ1) is 14.0. The van der Waals surface area contributed by atoms with Crippen molar-refractivity contribution < 1.29 is 23.6 Å². The maximum Gasteiger partial charge on any atom is 0.318 e. The van der Waals surface area contributed by atoms with Crippen LogP contribution >= 0.6 is 0 Å². The number of hydrogen-bond acceptors (Lipinski definition) is 4. The Morgan fingerprint density at radius 3 is 2.56 bits per heavy atom. The zero-order valence-corrected chi connectivity index (χ0v) is 9.63. The van der Waals surface area contributed by atoms with Gasteiger partial charge in [-0.3, -0.25) is 19.6 Å². The van der Waals surface area contributed by atoms with Crippen LogP contribution in [0.2, 0.25) is 0 Å². The van der Waals surface area contributed by atoms with Crippen LogP contribution in [0, 0.1) is 17.0 Å². The second kappa shape index (κ2) is 5.07. The van der Waals surface area contributed by atoms with Gasteiger partial charge in [0.15, 0.2) is 5.69 Å². The van der Waals surface area contributed by atoms with Crippen molar-refractivity contribution in [1.82, 2.24) is 9.78 Å². The molecule has 1 heterocycles. The first-order valence-corrected chi connectivity index (χ1v) is 4.99. The van der Waals surface area contributed by atoms with Crippen LogP contribution in [-0.2, 0) is 4.79 Å². The van der Waals surface area contributed by atoms with Crippen LogP contribution in [0.5, 0.6) is 0 Å². The zero-order valence-electron chi connectivity index (χ0n) is 9.63. The molecule has 0 saturated carbocycles. The second-order valence-electron chi connectivity index (χ2n) is 3.77. The summed E-state index contributed by atoms with van der Waals surface area (Å²) in [6.07, 6.45) is -3.54. The lowest BCUT2D eigenvalue weighted by molar-refractivity contribution is -0.387. The van der Waals surface area contributed by atoms with Crippen molar-refractivity contribution in [3.63, 3.8) is 0 Å². The molecule has 0 radical (unpaired) electrons. The number of nitro groups is 1. The highest BCUT2D eigenvalue weighted by molar-refractivity contribution is 5.67. The lowest BCUT2D eigenvalue weighted by Gasteiger charge is -2.12. The van der Waals surface area contributed by atoms with E-state index in [4.69, 9.17) is 5.11 Å². The van der Waals surface area contributed by atoms with E-state index in [1.165, 1.54) is 13.8 Å². The van der Waals surface area contributed by atoms with E-state index in [2.05, 4.69) is 5.10 Å². The number of halogens is 2. The van der Waals surface area contributed by atoms with Crippen LogP contribution < -0.4 is 0 Å². The number of hydrogen-bond donors (Lipinski definition) is 1. The van der Waals surface area contributed by atoms with Crippen molar-refractivity contribution in [1.29, 1.82) is 0 Å². The van der Waals surface area contributed by atoms with Gasteiger partial charge in [-0.15, -0.1) is 0 Å². The van der Waals surface area contributed by atoms with Gasteiger partial charge in [0.05, 0.1) is 17.4 Å². The number of rotatable bonds is 5. The summed E-state index contributed by atoms with van der Waals surface area (Å²) >= 11 is 0. The fourth-order valence-electron chi connectivity index (χ4n) is 1.66. The largest absolute Gasteiger partial charge is 0.481 e. The van der Waals surface area contributed by atoms with Crippen molar-refractivity contribution in [2.24, 2.45) is 0 Å². The minimum absolute atomic E-state index is 0.160. The average molecular weight is 263 g/mol. The molecule has 0 spiro atoms. The minimum Gasteiger partial charge on any atom is -0.481 e. The summed E-state index contributed by atoms with van der Waals surface area (Å²) in [5.41, 5.74) is -1.78. The molecule has 0 saturated heterocycles. The van der Waals surface area contributed by atoms with Crippen LogP contribution in [0.3, 0.4) is 0 Å². The molecule has 0 fully saturated rings. The van der Waals surface area contributed by atoms with Gasteiger partial charge in [0.2, 0.25) is 0 Å². The molecule has 7 nitrogen and oxygen atoms in total. The molecular formula is C9H11F2N3O4. The molecule has 0 aliphatic carbocycles. The van der Waals surface area contributed by atoms with E-state index < -0.39 is 41.2 Å². The molecule has 1 atom stereocenters. The molecule has 1 aromatic heterocycles. The quantitative estimate of drug-likeness (QED) is 0.647. The Morgan fingerprint density at radius 2 is 2.17 bits per heavy atom. The molecule has 9 heteroatoms. The molecule has 100 valence electrons. The van der Waals surface area contributed by atoms with Gasteiger partial charge in [-0.25, -0.2) is 8.78 Å². The zero-order chi connectivity index (χ0) is 14.0. The van der Waals surface area contributed by atoms with Gasteiger partial charge in [0.25, 0.3) is 6.43 Å². The second-order valence-corrected chi connectivity index (χ2v) is 3.77. The highest BCUT2D eigenvalue weighted by Gasteiger charge is 2.33. The van der Waals surface area contributed by atoms with E-state index in [0.29, 0.717) is 4.68 Å². The number of carboxylic acids is 1. The average Bonchev–Trinajstić information content (AvgIpc) is 2.54. The van der Waals surface area contributed by atoms with E-state index in [1.807, 2.05) is 0 Å². The number of alkyl halides is 2. The normalized spacial score (nSPS) is 12.7. The molecular weight excluding hydrogens is 252 g/mol. The standard InChI is InChI=1S/C9H11F2N3O4/c1-4(3-6(15)16)13-8(9(10)11)7(14(17)18)5(2)12-13/h4,9H,3H2,1-2H3,(H,15,16)/t4-/m0/s1. The lowest BCUT2D eigenvalue weighted by atomic mass is 10.2. The van der Waals surface area contributed by atoms with Crippen molar-refractivity contribution >= 4 is 11.7 Å². The van der Waals surface area contributed by atoms with E-state index in [9.17, 15) is 23.7 Å². The first-order chi connectivity index (χ1) is 8.25. The highest BCUT2D eigenvalue weighted by atomic mass is 19.3. The van der Waals surface area contributed by atoms with Crippen LogP contribution in [-0.4, -0.2) is 25.8 Å². The minimum atomic E-state index is -3.09. The molecule has 0 amide bonds. The van der Waals surface area contributed by atoms with Crippen molar-refractivity contribution in [2.45, 2.75) is 32.7 Å². The summed E-state index contributed by atoms with van der Waals surface area (Å²) in [5.74, 6) is -1.20. The van der Waals surface area contributed by atoms with Crippen LogP contribution in [0.15, 0.2) is 0 Å². The predicted octanol–water partition coefficient (Wildman–Crippen LogP) is 2.07. The summed E-state index contributed by atoms with van der Waals surface area (Å²) < 4.78 is 26.4. The molecule has 1 aromatic rings. The fourth-order valence-corrected chi connectivity index (χ4v) is 1.66. The van der Waals surface area contributed by atoms with E-state index >= 15 is 0 Å². The molecule has 0 bridgehead atoms. The smallest absolute Gasteiger partial charge is 0.318 e. The van der Waals surface area contributed by atoms with Gasteiger partial charge in [0, 0.05) is 0 Å². The number of aliphatic carboxylic acids is 1. The topological polar surface area (TPSA) is 98.3 Å². The van der Waals surface area contributed by atoms with E-state index in [-0.39, 0.29) is 5.69 Å². The number of aryl methyl sites for hydroxylation is 1. The molecule has 1 rings (SSSR count). The van der Waals surface area contributed by atoms with Crippen LogP contribution in [0.1, 0.15) is 37.2 Å². The number of carboxylic acid groups (broad SMARTS) is 1. The van der Waals surface area contributed by atoms with Crippen molar-refractivity contribution in [2.75, 3.05) is 0 Å². The number of nitrogens with zero attached hydrogens (tertiary/aromatic N) is 3. The number of carbonyl (C=O) groups is 1. The maximum atomic E-state index is 12.8. The Morgan fingerprint density at radius 1 is 1.61 bits per heavy atom. The summed E-state index contributed by atoms with van der Waals surface area (Å²) in [4.78, 5) is 20.3. The van der Waals surface area contributed by atoms with Gasteiger partial charge in [-0.1, -0.05) is 0 Å². The number of aromatic nitrogens is 2. The lowest BCUT2D eigenvalue weighted by Crippen LogP contribution is -2.15. The SMILES string of the molecule is Cc1nn([C@@H](C)CC(=O)O)c(C(F)F)c1[N+](=O)[O-]. The Kier molecular flexibility index (Phi) is 3.94. The van der Waals surface area contributed by atoms with Crippen LogP contribution in [0.4, 0.5) is 14.5 Å². The fraction of sp³-hybridized carbons (Fsp3) is 0.556. The third-order valence-corrected chi connectivity index (χ3v) is 2.37. The highest BCUT2D eigenvalue weighted by Crippen LogP contribution is 2.33. The Hall–Kier alpha value is -2.06. The summed E-state index contributed by atoms with van der Waals surface area (Å²) in [5, 5.41) is 22.9. The summed E-state index contributed by atoms with van der Waals surface area (Å²) in [6, 6.07) is -0.890. The Balaban J connectivity index is 3.32. The molecule has 1 N–H and O–H groups in total. The Bertz CT molecular complexity index is 486. The summed E-state index contributed by atoms with van der Waals surface area (Å²) in [6.45, 7) is 2.59.